The van der Waals surface area contributed by atoms with Crippen LogP contribution in [0.15, 0.2) is 156 Å². The number of hydrogen-bond donors (Lipinski definition) is 0. The van der Waals surface area contributed by atoms with E-state index < -0.39 is 0 Å². The van der Waals surface area contributed by atoms with Crippen molar-refractivity contribution < 1.29 is 4.42 Å². The van der Waals surface area contributed by atoms with E-state index in [0.717, 1.165) is 71.5 Å². The Labute approximate surface area is 294 Å². The fourth-order valence-corrected chi connectivity index (χ4v) is 8.70. The first-order valence-corrected chi connectivity index (χ1v) is 17.5. The predicted molar refractivity (Wildman–Crippen MR) is 210 cm³/mol. The third kappa shape index (κ3) is 3.85. The Kier molecular flexibility index (Phi) is 5.70. The Balaban J connectivity index is 1.30. The van der Waals surface area contributed by atoms with Gasteiger partial charge in [0.15, 0.2) is 5.58 Å². The molecule has 1 aliphatic carbocycles. The highest BCUT2D eigenvalue weighted by atomic mass is 16.3. The minimum atomic E-state index is -0.197. The topological polar surface area (TPSA) is 43.9 Å². The summed E-state index contributed by atoms with van der Waals surface area (Å²) < 4.78 is 9.27. The third-order valence-corrected chi connectivity index (χ3v) is 11.0. The highest BCUT2D eigenvalue weighted by Gasteiger charge is 2.40. The van der Waals surface area contributed by atoms with E-state index in [4.69, 9.17) is 14.4 Å². The Hall–Kier alpha value is -6.52. The molecule has 3 heterocycles. The third-order valence-electron chi connectivity index (χ3n) is 11.0. The molecule has 0 unspecified atom stereocenters. The second kappa shape index (κ2) is 10.3. The molecule has 0 amide bonds. The van der Waals surface area contributed by atoms with Gasteiger partial charge < -0.3 is 4.42 Å². The van der Waals surface area contributed by atoms with Crippen LogP contribution in [0, 0.1) is 0 Å². The van der Waals surface area contributed by atoms with Gasteiger partial charge in [0.05, 0.1) is 16.7 Å². The molecule has 1 aliphatic rings. The minimum absolute atomic E-state index is 0.197. The lowest BCUT2D eigenvalue weighted by atomic mass is 9.81. The van der Waals surface area contributed by atoms with Crippen molar-refractivity contribution in [3.63, 3.8) is 0 Å². The average Bonchev–Trinajstić information content (AvgIpc) is 3.81. The van der Waals surface area contributed by atoms with Gasteiger partial charge in [-0.1, -0.05) is 153 Å². The van der Waals surface area contributed by atoms with Crippen molar-refractivity contribution >= 4 is 54.5 Å². The van der Waals surface area contributed by atoms with E-state index in [-0.39, 0.29) is 5.41 Å². The molecule has 11 rings (SSSR count). The van der Waals surface area contributed by atoms with Gasteiger partial charge in [0.25, 0.3) is 0 Å². The van der Waals surface area contributed by atoms with Gasteiger partial charge >= 0.3 is 0 Å². The molecule has 0 atom stereocenters. The lowest BCUT2D eigenvalue weighted by Crippen LogP contribution is -2.14. The van der Waals surface area contributed by atoms with Crippen molar-refractivity contribution in [3.8, 4) is 39.7 Å². The molecule has 51 heavy (non-hydrogen) atoms. The van der Waals surface area contributed by atoms with E-state index in [9.17, 15) is 0 Å². The predicted octanol–water partition coefficient (Wildman–Crippen LogP) is 12.3. The number of rotatable bonds is 3. The van der Waals surface area contributed by atoms with Crippen LogP contribution in [0.4, 0.5) is 0 Å². The van der Waals surface area contributed by atoms with Crippen molar-refractivity contribution in [3.05, 3.63) is 163 Å². The zero-order valence-corrected chi connectivity index (χ0v) is 28.2. The summed E-state index contributed by atoms with van der Waals surface area (Å²) in [5.41, 5.74) is 11.6. The van der Waals surface area contributed by atoms with E-state index in [0.29, 0.717) is 5.95 Å². The molecule has 7 aromatic carbocycles. The molecule has 10 aromatic rings. The molecule has 4 nitrogen and oxygen atoms in total. The standard InChI is InChI=1S/C47H31N3O/c1-47(2)38-23-13-11-22-34(38)44-40(47)35-26-25-33-31-20-12-14-24-39(31)50(43(33)45(35)51-44)46-48-41(29-17-7-4-8-18-29)37-27-36(28-15-5-3-6-16-28)30-19-9-10-21-32(30)42(37)49-46/h3-27H,1-2H3. The summed E-state index contributed by atoms with van der Waals surface area (Å²) in [6, 6.07) is 53.7. The molecular formula is C47H31N3O. The van der Waals surface area contributed by atoms with Crippen LogP contribution in [0.3, 0.4) is 0 Å². The lowest BCUT2D eigenvalue weighted by Gasteiger charge is -2.20. The quantitative estimate of drug-likeness (QED) is 0.178. The number of fused-ring (bicyclic) bond motifs is 12. The first-order valence-electron chi connectivity index (χ1n) is 17.5. The van der Waals surface area contributed by atoms with Crippen LogP contribution in [0.25, 0.3) is 94.1 Å². The van der Waals surface area contributed by atoms with Gasteiger partial charge in [-0.2, -0.15) is 0 Å². The highest BCUT2D eigenvalue weighted by molar-refractivity contribution is 6.19. The van der Waals surface area contributed by atoms with Gasteiger partial charge in [0.1, 0.15) is 11.3 Å². The number of benzene rings is 7. The number of nitrogens with zero attached hydrogens (tertiary/aromatic N) is 3. The van der Waals surface area contributed by atoms with Crippen molar-refractivity contribution in [1.82, 2.24) is 14.5 Å². The number of aromatic nitrogens is 3. The van der Waals surface area contributed by atoms with Crippen molar-refractivity contribution in [2.45, 2.75) is 19.3 Å². The molecule has 0 saturated heterocycles. The van der Waals surface area contributed by atoms with E-state index in [2.05, 4.69) is 170 Å². The molecule has 0 aliphatic heterocycles. The highest BCUT2D eigenvalue weighted by Crippen LogP contribution is 2.54. The van der Waals surface area contributed by atoms with Crippen LogP contribution in [0.1, 0.15) is 25.0 Å². The van der Waals surface area contributed by atoms with Crippen molar-refractivity contribution in [2.75, 3.05) is 0 Å². The van der Waals surface area contributed by atoms with Crippen molar-refractivity contribution in [2.24, 2.45) is 0 Å². The van der Waals surface area contributed by atoms with Crippen LogP contribution in [-0.4, -0.2) is 14.5 Å². The number of hydrogen-bond acceptors (Lipinski definition) is 3. The second-order valence-corrected chi connectivity index (χ2v) is 14.1. The van der Waals surface area contributed by atoms with Gasteiger partial charge in [-0.05, 0) is 34.2 Å². The molecule has 0 saturated carbocycles. The Bertz CT molecular complexity index is 3040. The van der Waals surface area contributed by atoms with E-state index >= 15 is 0 Å². The molecule has 0 radical (unpaired) electrons. The monoisotopic (exact) mass is 653 g/mol. The molecule has 0 N–H and O–H groups in total. The summed E-state index contributed by atoms with van der Waals surface area (Å²) in [6.45, 7) is 4.61. The number of para-hydroxylation sites is 1. The normalized spacial score (nSPS) is 13.5. The van der Waals surface area contributed by atoms with Crippen LogP contribution in [0.5, 0.6) is 0 Å². The zero-order valence-electron chi connectivity index (χ0n) is 28.2. The minimum Gasteiger partial charge on any atom is -0.453 e. The van der Waals surface area contributed by atoms with Gasteiger partial charge in [-0.25, -0.2) is 9.97 Å². The second-order valence-electron chi connectivity index (χ2n) is 14.1. The van der Waals surface area contributed by atoms with E-state index in [1.807, 2.05) is 0 Å². The Morgan fingerprint density at radius 1 is 0.529 bits per heavy atom. The molecule has 0 fully saturated rings. The average molecular weight is 654 g/mol. The summed E-state index contributed by atoms with van der Waals surface area (Å²) in [4.78, 5) is 11.0. The number of furan rings is 1. The lowest BCUT2D eigenvalue weighted by molar-refractivity contribution is 0.620. The first-order chi connectivity index (χ1) is 25.1. The van der Waals surface area contributed by atoms with Crippen molar-refractivity contribution in [1.29, 1.82) is 0 Å². The SMILES string of the molecule is CC1(C)c2ccccc2-c2oc3c(ccc4c5ccccc5n(-c5nc(-c6ccccc6)c6cc(-c7ccccc7)c7ccccc7c6n5)c43)c21. The van der Waals surface area contributed by atoms with E-state index in [1.54, 1.807) is 0 Å². The van der Waals surface area contributed by atoms with Gasteiger partial charge in [-0.15, -0.1) is 0 Å². The van der Waals surface area contributed by atoms with Crippen LogP contribution < -0.4 is 0 Å². The molecule has 4 heteroatoms. The van der Waals surface area contributed by atoms with Crippen LogP contribution >= 0.6 is 0 Å². The summed E-state index contributed by atoms with van der Waals surface area (Å²) >= 11 is 0. The largest absolute Gasteiger partial charge is 0.453 e. The van der Waals surface area contributed by atoms with Gasteiger partial charge in [0.2, 0.25) is 5.95 Å². The Morgan fingerprint density at radius 2 is 1.18 bits per heavy atom. The Morgan fingerprint density at radius 3 is 1.98 bits per heavy atom. The fourth-order valence-electron chi connectivity index (χ4n) is 8.70. The maximum absolute atomic E-state index is 7.04. The molecule has 0 bridgehead atoms. The summed E-state index contributed by atoms with van der Waals surface area (Å²) in [5, 5.41) is 6.66. The maximum Gasteiger partial charge on any atom is 0.235 e. The molecule has 240 valence electrons. The molecule has 3 aromatic heterocycles. The van der Waals surface area contributed by atoms with Crippen LogP contribution in [-0.2, 0) is 5.41 Å². The fraction of sp³-hybridized carbons (Fsp3) is 0.0638. The molecule has 0 spiro atoms. The van der Waals surface area contributed by atoms with Crippen LogP contribution in [0.2, 0.25) is 0 Å². The van der Waals surface area contributed by atoms with E-state index in [1.165, 1.54) is 27.8 Å². The first kappa shape index (κ1) is 28.3. The van der Waals surface area contributed by atoms with Gasteiger partial charge in [0, 0.05) is 49.0 Å². The molecular weight excluding hydrogens is 623 g/mol. The summed E-state index contributed by atoms with van der Waals surface area (Å²) in [6.07, 6.45) is 0. The zero-order chi connectivity index (χ0) is 33.8. The maximum atomic E-state index is 7.04. The smallest absolute Gasteiger partial charge is 0.235 e. The van der Waals surface area contributed by atoms with Gasteiger partial charge in [-0.3, -0.25) is 4.57 Å². The summed E-state index contributed by atoms with van der Waals surface area (Å²) in [7, 11) is 0. The summed E-state index contributed by atoms with van der Waals surface area (Å²) in [5.74, 6) is 1.58.